The van der Waals surface area contributed by atoms with E-state index in [9.17, 15) is 4.39 Å². The monoisotopic (exact) mass is 156 g/mol. The van der Waals surface area contributed by atoms with E-state index in [-0.39, 0.29) is 6.67 Å². The highest BCUT2D eigenvalue weighted by Crippen LogP contribution is 2.30. The molecule has 1 aliphatic carbocycles. The molecule has 0 atom stereocenters. The highest BCUT2D eigenvalue weighted by molar-refractivity contribution is 4.83. The fourth-order valence-corrected chi connectivity index (χ4v) is 1.87. The first-order chi connectivity index (χ1) is 5.36. The molecule has 0 radical (unpaired) electrons. The maximum absolute atomic E-state index is 11.9. The molecule has 1 fully saturated rings. The SMILES string of the molecule is C=CC1CCC(CCF)CC1. The van der Waals surface area contributed by atoms with E-state index < -0.39 is 0 Å². The predicted octanol–water partition coefficient (Wildman–Crippen LogP) is 3.34. The molecule has 0 heterocycles. The lowest BCUT2D eigenvalue weighted by Crippen LogP contribution is -2.13. The van der Waals surface area contributed by atoms with Crippen molar-refractivity contribution >= 4 is 0 Å². The van der Waals surface area contributed by atoms with Gasteiger partial charge in [0.25, 0.3) is 0 Å². The topological polar surface area (TPSA) is 0 Å². The largest absolute Gasteiger partial charge is 0.251 e. The molecule has 1 rings (SSSR count). The maximum atomic E-state index is 11.9. The third-order valence-electron chi connectivity index (χ3n) is 2.74. The van der Waals surface area contributed by atoms with Gasteiger partial charge in [-0.3, -0.25) is 4.39 Å². The highest BCUT2D eigenvalue weighted by Gasteiger charge is 2.18. The Morgan fingerprint density at radius 3 is 2.36 bits per heavy atom. The summed E-state index contributed by atoms with van der Waals surface area (Å²) < 4.78 is 11.9. The minimum atomic E-state index is -0.135. The number of hydrogen-bond acceptors (Lipinski definition) is 0. The van der Waals surface area contributed by atoms with Gasteiger partial charge in [0, 0.05) is 0 Å². The van der Waals surface area contributed by atoms with E-state index in [0.717, 1.165) is 6.42 Å². The van der Waals surface area contributed by atoms with Crippen LogP contribution in [0.1, 0.15) is 32.1 Å². The molecule has 1 heteroatoms. The zero-order valence-electron chi connectivity index (χ0n) is 7.06. The van der Waals surface area contributed by atoms with Gasteiger partial charge in [0.05, 0.1) is 6.67 Å². The summed E-state index contributed by atoms with van der Waals surface area (Å²) in [7, 11) is 0. The first-order valence-corrected chi connectivity index (χ1v) is 4.55. The summed E-state index contributed by atoms with van der Waals surface area (Å²) in [6.07, 6.45) is 7.71. The average molecular weight is 156 g/mol. The molecular weight excluding hydrogens is 139 g/mol. The Labute approximate surface area is 68.5 Å². The van der Waals surface area contributed by atoms with Crippen molar-refractivity contribution in [3.05, 3.63) is 12.7 Å². The molecule has 0 aromatic carbocycles. The Hall–Kier alpha value is -0.330. The van der Waals surface area contributed by atoms with Crippen molar-refractivity contribution in [1.82, 2.24) is 0 Å². The Bertz CT molecular complexity index is 112. The normalized spacial score (nSPS) is 31.7. The van der Waals surface area contributed by atoms with Crippen LogP contribution in [0.5, 0.6) is 0 Å². The van der Waals surface area contributed by atoms with Crippen molar-refractivity contribution in [3.63, 3.8) is 0 Å². The number of rotatable bonds is 3. The molecule has 1 aliphatic rings. The van der Waals surface area contributed by atoms with Gasteiger partial charge in [0.1, 0.15) is 0 Å². The van der Waals surface area contributed by atoms with Crippen LogP contribution in [0.2, 0.25) is 0 Å². The third kappa shape index (κ3) is 2.64. The molecule has 0 aromatic rings. The Kier molecular flexibility index (Phi) is 3.61. The number of halogens is 1. The molecule has 0 aliphatic heterocycles. The summed E-state index contributed by atoms with van der Waals surface area (Å²) in [5, 5.41) is 0. The van der Waals surface area contributed by atoms with Gasteiger partial charge < -0.3 is 0 Å². The van der Waals surface area contributed by atoms with Crippen molar-refractivity contribution in [2.75, 3.05) is 6.67 Å². The lowest BCUT2D eigenvalue weighted by Gasteiger charge is -2.25. The van der Waals surface area contributed by atoms with Gasteiger partial charge in [-0.05, 0) is 43.9 Å². The van der Waals surface area contributed by atoms with Crippen LogP contribution in [0, 0.1) is 11.8 Å². The summed E-state index contributed by atoms with van der Waals surface area (Å²) in [5.74, 6) is 1.38. The molecule has 64 valence electrons. The highest BCUT2D eigenvalue weighted by atomic mass is 19.1. The quantitative estimate of drug-likeness (QED) is 0.550. The average Bonchev–Trinajstić information content (AvgIpc) is 2.07. The summed E-state index contributed by atoms with van der Waals surface area (Å²) in [6.45, 7) is 3.65. The number of hydrogen-bond donors (Lipinski definition) is 0. The van der Waals surface area contributed by atoms with E-state index in [1.54, 1.807) is 0 Å². The molecule has 0 saturated heterocycles. The summed E-state index contributed by atoms with van der Waals surface area (Å²) in [6, 6.07) is 0. The van der Waals surface area contributed by atoms with Crippen molar-refractivity contribution < 1.29 is 4.39 Å². The van der Waals surface area contributed by atoms with Crippen molar-refractivity contribution in [3.8, 4) is 0 Å². The van der Waals surface area contributed by atoms with Crippen LogP contribution in [0.3, 0.4) is 0 Å². The zero-order valence-corrected chi connectivity index (χ0v) is 7.06. The van der Waals surface area contributed by atoms with Crippen LogP contribution in [0.4, 0.5) is 4.39 Å². The fraction of sp³-hybridized carbons (Fsp3) is 0.800. The van der Waals surface area contributed by atoms with Gasteiger partial charge in [-0.15, -0.1) is 6.58 Å². The van der Waals surface area contributed by atoms with E-state index in [4.69, 9.17) is 0 Å². The summed E-state index contributed by atoms with van der Waals surface area (Å²) in [5.41, 5.74) is 0. The molecule has 0 unspecified atom stereocenters. The Balaban J connectivity index is 2.18. The molecule has 0 aromatic heterocycles. The lowest BCUT2D eigenvalue weighted by molar-refractivity contribution is 0.273. The first kappa shape index (κ1) is 8.76. The molecule has 1 saturated carbocycles. The molecule has 0 amide bonds. The van der Waals surface area contributed by atoms with Crippen LogP contribution in [0.25, 0.3) is 0 Å². The van der Waals surface area contributed by atoms with Crippen LogP contribution in [-0.4, -0.2) is 6.67 Å². The van der Waals surface area contributed by atoms with E-state index >= 15 is 0 Å². The van der Waals surface area contributed by atoms with E-state index in [1.165, 1.54) is 25.7 Å². The van der Waals surface area contributed by atoms with E-state index in [1.807, 2.05) is 6.08 Å². The molecule has 11 heavy (non-hydrogen) atoms. The summed E-state index contributed by atoms with van der Waals surface area (Å²) in [4.78, 5) is 0. The standard InChI is InChI=1S/C10H17F/c1-2-9-3-5-10(6-4-9)7-8-11/h2,9-10H,1,3-8H2. The fourth-order valence-electron chi connectivity index (χ4n) is 1.87. The van der Waals surface area contributed by atoms with Gasteiger partial charge in [-0.1, -0.05) is 6.08 Å². The lowest BCUT2D eigenvalue weighted by atomic mass is 9.81. The van der Waals surface area contributed by atoms with Crippen LogP contribution in [0.15, 0.2) is 12.7 Å². The molecule has 0 nitrogen and oxygen atoms in total. The Morgan fingerprint density at radius 1 is 1.27 bits per heavy atom. The van der Waals surface area contributed by atoms with E-state index in [2.05, 4.69) is 6.58 Å². The first-order valence-electron chi connectivity index (χ1n) is 4.55. The van der Waals surface area contributed by atoms with E-state index in [0.29, 0.717) is 11.8 Å². The molecular formula is C10H17F. The summed E-state index contributed by atoms with van der Waals surface area (Å²) >= 11 is 0. The smallest absolute Gasteiger partial charge is 0.0897 e. The van der Waals surface area contributed by atoms with Gasteiger partial charge in [-0.2, -0.15) is 0 Å². The van der Waals surface area contributed by atoms with Gasteiger partial charge >= 0.3 is 0 Å². The van der Waals surface area contributed by atoms with Gasteiger partial charge in [0.15, 0.2) is 0 Å². The predicted molar refractivity (Wildman–Crippen MR) is 46.2 cm³/mol. The molecule has 0 N–H and O–H groups in total. The number of alkyl halides is 1. The van der Waals surface area contributed by atoms with Gasteiger partial charge in [-0.25, -0.2) is 0 Å². The van der Waals surface area contributed by atoms with Crippen LogP contribution >= 0.6 is 0 Å². The van der Waals surface area contributed by atoms with Crippen molar-refractivity contribution in [2.45, 2.75) is 32.1 Å². The minimum Gasteiger partial charge on any atom is -0.251 e. The number of allylic oxidation sites excluding steroid dienone is 1. The second-order valence-corrected chi connectivity index (χ2v) is 3.49. The Morgan fingerprint density at radius 2 is 1.91 bits per heavy atom. The maximum Gasteiger partial charge on any atom is 0.0897 e. The van der Waals surface area contributed by atoms with Gasteiger partial charge in [0.2, 0.25) is 0 Å². The van der Waals surface area contributed by atoms with Crippen molar-refractivity contribution in [1.29, 1.82) is 0 Å². The molecule has 0 bridgehead atoms. The zero-order chi connectivity index (χ0) is 8.10. The third-order valence-corrected chi connectivity index (χ3v) is 2.74. The molecule has 0 spiro atoms. The van der Waals surface area contributed by atoms with Crippen LogP contribution in [-0.2, 0) is 0 Å². The second kappa shape index (κ2) is 4.53. The second-order valence-electron chi connectivity index (χ2n) is 3.49. The minimum absolute atomic E-state index is 0.135. The van der Waals surface area contributed by atoms with Crippen molar-refractivity contribution in [2.24, 2.45) is 11.8 Å². The van der Waals surface area contributed by atoms with Crippen LogP contribution < -0.4 is 0 Å².